The first-order chi connectivity index (χ1) is 5.69. The van der Waals surface area contributed by atoms with Gasteiger partial charge in [0.05, 0.1) is 0 Å². The van der Waals surface area contributed by atoms with E-state index in [1.807, 2.05) is 0 Å². The molecule has 2 N–H and O–H groups in total. The van der Waals surface area contributed by atoms with Gasteiger partial charge in [-0.15, -0.1) is 0 Å². The van der Waals surface area contributed by atoms with Crippen molar-refractivity contribution in [2.75, 3.05) is 0 Å². The van der Waals surface area contributed by atoms with Crippen LogP contribution in [0.15, 0.2) is 0 Å². The van der Waals surface area contributed by atoms with Crippen LogP contribution in [0.1, 0.15) is 60.8 Å². The van der Waals surface area contributed by atoms with Gasteiger partial charge in [-0.2, -0.15) is 0 Å². The molecule has 0 bridgehead atoms. The predicted octanol–water partition coefficient (Wildman–Crippen LogP) is 3.58. The molecule has 0 saturated carbocycles. The molecule has 0 spiro atoms. The number of hydrogen-bond donors (Lipinski definition) is 1. The van der Waals surface area contributed by atoms with Gasteiger partial charge in [0.2, 0.25) is 0 Å². The Kier molecular flexibility index (Phi) is 4.44. The summed E-state index contributed by atoms with van der Waals surface area (Å²) in [6.07, 6.45) is 3.68. The van der Waals surface area contributed by atoms with E-state index in [-0.39, 0.29) is 5.54 Å². The van der Waals surface area contributed by atoms with Gasteiger partial charge in [-0.05, 0) is 31.6 Å². The summed E-state index contributed by atoms with van der Waals surface area (Å²) in [6.45, 7) is 13.5. The minimum absolute atomic E-state index is 0.0362. The molecule has 1 atom stereocenters. The van der Waals surface area contributed by atoms with E-state index in [1.165, 1.54) is 12.8 Å². The first-order valence-electron chi connectivity index (χ1n) is 5.48. The molecular weight excluding hydrogens is 158 g/mol. The molecule has 1 unspecified atom stereocenters. The van der Waals surface area contributed by atoms with Crippen LogP contribution in [0, 0.1) is 11.3 Å². The summed E-state index contributed by atoms with van der Waals surface area (Å²) in [5.74, 6) is 0.764. The highest BCUT2D eigenvalue weighted by Gasteiger charge is 2.30. The molecule has 0 amide bonds. The van der Waals surface area contributed by atoms with Crippen molar-refractivity contribution in [3.05, 3.63) is 0 Å². The molecule has 0 rings (SSSR count). The number of hydrogen-bond acceptors (Lipinski definition) is 1. The topological polar surface area (TPSA) is 26.0 Å². The Labute approximate surface area is 84.1 Å². The summed E-state index contributed by atoms with van der Waals surface area (Å²) in [5, 5.41) is 0. The third kappa shape index (κ3) is 5.30. The van der Waals surface area contributed by atoms with Crippen molar-refractivity contribution in [1.82, 2.24) is 0 Å². The molecule has 0 aliphatic carbocycles. The maximum absolute atomic E-state index is 6.06. The molecule has 0 aromatic carbocycles. The molecule has 1 nitrogen and oxygen atoms in total. The van der Waals surface area contributed by atoms with Crippen molar-refractivity contribution in [3.63, 3.8) is 0 Å². The fourth-order valence-corrected chi connectivity index (χ4v) is 2.17. The molecule has 0 fully saturated rings. The normalized spacial score (nSPS) is 15.9. The van der Waals surface area contributed by atoms with E-state index in [1.54, 1.807) is 0 Å². The molecule has 0 aliphatic heterocycles. The Morgan fingerprint density at radius 3 is 1.92 bits per heavy atom. The molecule has 0 aromatic heterocycles. The van der Waals surface area contributed by atoms with Crippen LogP contribution in [0.3, 0.4) is 0 Å². The van der Waals surface area contributed by atoms with E-state index in [0.717, 1.165) is 12.3 Å². The predicted molar refractivity (Wildman–Crippen MR) is 60.7 cm³/mol. The van der Waals surface area contributed by atoms with Gasteiger partial charge >= 0.3 is 0 Å². The Balaban J connectivity index is 4.21. The Bertz CT molecular complexity index is 142. The van der Waals surface area contributed by atoms with E-state index >= 15 is 0 Å². The molecule has 80 valence electrons. The van der Waals surface area contributed by atoms with Gasteiger partial charge in [-0.1, -0.05) is 40.5 Å². The molecule has 13 heavy (non-hydrogen) atoms. The first-order valence-corrected chi connectivity index (χ1v) is 5.48. The third-order valence-corrected chi connectivity index (χ3v) is 2.97. The standard InChI is InChI=1S/C12H27N/c1-7-8-10(2)11(3,4)9-12(5,6)13/h10H,7-9,13H2,1-6H3. The highest BCUT2D eigenvalue weighted by Crippen LogP contribution is 2.36. The van der Waals surface area contributed by atoms with Crippen LogP contribution in [0.5, 0.6) is 0 Å². The largest absolute Gasteiger partial charge is 0.326 e. The Hall–Kier alpha value is -0.0400. The zero-order valence-corrected chi connectivity index (χ0v) is 10.3. The third-order valence-electron chi connectivity index (χ3n) is 2.97. The van der Waals surface area contributed by atoms with Gasteiger partial charge in [0.1, 0.15) is 0 Å². The van der Waals surface area contributed by atoms with Gasteiger partial charge in [-0.25, -0.2) is 0 Å². The lowest BCUT2D eigenvalue weighted by Crippen LogP contribution is -2.39. The van der Waals surface area contributed by atoms with Gasteiger partial charge in [0.25, 0.3) is 0 Å². The highest BCUT2D eigenvalue weighted by molar-refractivity contribution is 4.85. The lowest BCUT2D eigenvalue weighted by Gasteiger charge is -2.37. The summed E-state index contributed by atoms with van der Waals surface area (Å²) in [6, 6.07) is 0. The van der Waals surface area contributed by atoms with E-state index in [0.29, 0.717) is 5.41 Å². The van der Waals surface area contributed by atoms with Crippen LogP contribution in [0.2, 0.25) is 0 Å². The molecule has 1 heteroatoms. The lowest BCUT2D eigenvalue weighted by molar-refractivity contribution is 0.161. The van der Waals surface area contributed by atoms with Crippen molar-refractivity contribution in [1.29, 1.82) is 0 Å². The van der Waals surface area contributed by atoms with Crippen molar-refractivity contribution in [2.45, 2.75) is 66.3 Å². The van der Waals surface area contributed by atoms with Crippen LogP contribution < -0.4 is 5.73 Å². The minimum atomic E-state index is -0.0362. The first kappa shape index (κ1) is 13.0. The second-order valence-corrected chi connectivity index (χ2v) is 5.84. The van der Waals surface area contributed by atoms with Gasteiger partial charge < -0.3 is 5.73 Å². The Morgan fingerprint density at radius 1 is 1.15 bits per heavy atom. The van der Waals surface area contributed by atoms with Crippen LogP contribution in [-0.4, -0.2) is 5.54 Å². The minimum Gasteiger partial charge on any atom is -0.326 e. The van der Waals surface area contributed by atoms with Crippen LogP contribution in [0.4, 0.5) is 0 Å². The average Bonchev–Trinajstić information content (AvgIpc) is 1.82. The molecule has 0 aliphatic rings. The van der Waals surface area contributed by atoms with Gasteiger partial charge in [0.15, 0.2) is 0 Å². The van der Waals surface area contributed by atoms with Crippen molar-refractivity contribution in [2.24, 2.45) is 17.1 Å². The van der Waals surface area contributed by atoms with Crippen LogP contribution in [-0.2, 0) is 0 Å². The Morgan fingerprint density at radius 2 is 1.62 bits per heavy atom. The summed E-state index contributed by atoms with van der Waals surface area (Å²) in [5.41, 5.74) is 6.39. The van der Waals surface area contributed by atoms with Gasteiger partial charge in [-0.3, -0.25) is 0 Å². The fourth-order valence-electron chi connectivity index (χ4n) is 2.17. The summed E-state index contributed by atoms with van der Waals surface area (Å²) < 4.78 is 0. The van der Waals surface area contributed by atoms with Crippen molar-refractivity contribution >= 4 is 0 Å². The fraction of sp³-hybridized carbons (Fsp3) is 1.00. The second kappa shape index (κ2) is 4.45. The summed E-state index contributed by atoms with van der Waals surface area (Å²) >= 11 is 0. The monoisotopic (exact) mass is 185 g/mol. The SMILES string of the molecule is CCCC(C)C(C)(C)CC(C)(C)N. The lowest BCUT2D eigenvalue weighted by atomic mass is 9.71. The summed E-state index contributed by atoms with van der Waals surface area (Å²) in [7, 11) is 0. The average molecular weight is 185 g/mol. The molecule has 0 radical (unpaired) electrons. The maximum Gasteiger partial charge on any atom is 0.0102 e. The van der Waals surface area contributed by atoms with Gasteiger partial charge in [0, 0.05) is 5.54 Å². The number of rotatable bonds is 5. The van der Waals surface area contributed by atoms with E-state index < -0.39 is 0 Å². The van der Waals surface area contributed by atoms with Crippen molar-refractivity contribution in [3.8, 4) is 0 Å². The van der Waals surface area contributed by atoms with E-state index in [4.69, 9.17) is 5.73 Å². The van der Waals surface area contributed by atoms with E-state index in [2.05, 4.69) is 41.5 Å². The highest BCUT2D eigenvalue weighted by atomic mass is 14.7. The zero-order chi connectivity index (χ0) is 10.7. The van der Waals surface area contributed by atoms with E-state index in [9.17, 15) is 0 Å². The van der Waals surface area contributed by atoms with Crippen molar-refractivity contribution < 1.29 is 0 Å². The van der Waals surface area contributed by atoms with Crippen LogP contribution >= 0.6 is 0 Å². The second-order valence-electron chi connectivity index (χ2n) is 5.84. The summed E-state index contributed by atoms with van der Waals surface area (Å²) in [4.78, 5) is 0. The van der Waals surface area contributed by atoms with Crippen LogP contribution in [0.25, 0.3) is 0 Å². The molecular formula is C12H27N. The maximum atomic E-state index is 6.06. The zero-order valence-electron chi connectivity index (χ0n) is 10.3. The smallest absolute Gasteiger partial charge is 0.0102 e. The molecule has 0 saturated heterocycles. The molecule has 0 heterocycles. The quantitative estimate of drug-likeness (QED) is 0.696. The number of nitrogens with two attached hydrogens (primary N) is 1. The molecule has 0 aromatic rings.